The molecule has 5 heteroatoms. The molecule has 5 nitrogen and oxygen atoms in total. The van der Waals surface area contributed by atoms with Crippen molar-refractivity contribution in [2.75, 3.05) is 6.61 Å². The van der Waals surface area contributed by atoms with Crippen LogP contribution in [0, 0.1) is 22.7 Å². The largest absolute Gasteiger partial charge is 0.493 e. The number of allylic oxidation sites excluding steroid dienone is 1. The highest BCUT2D eigenvalue weighted by molar-refractivity contribution is 5.90. The van der Waals surface area contributed by atoms with Gasteiger partial charge in [-0.3, -0.25) is 0 Å². The summed E-state index contributed by atoms with van der Waals surface area (Å²) in [5, 5.41) is 14.0. The molecule has 0 unspecified atom stereocenters. The van der Waals surface area contributed by atoms with E-state index < -0.39 is 0 Å². The highest BCUT2D eigenvalue weighted by Crippen LogP contribution is 2.58. The standard InChI is InChI=1S/C24H29NO4/c1-15-5-9-20-23(2,3)21(25-27)11-12-24(20,4)18(15)14-28-17-8-6-16-7-10-22(26)29-19(16)13-17/h5-8,10,13,18,20,27H,9,11-12,14H2,1-4H3/b25-21+/t18-,20-,24+/m0/s1. The average molecular weight is 395 g/mol. The summed E-state index contributed by atoms with van der Waals surface area (Å²) in [7, 11) is 0. The lowest BCUT2D eigenvalue weighted by atomic mass is 9.48. The van der Waals surface area contributed by atoms with Gasteiger partial charge in [0.2, 0.25) is 0 Å². The molecule has 4 rings (SSSR count). The number of fused-ring (bicyclic) bond motifs is 2. The van der Waals surface area contributed by atoms with Gasteiger partial charge < -0.3 is 14.4 Å². The maximum Gasteiger partial charge on any atom is 0.336 e. The van der Waals surface area contributed by atoms with Crippen molar-refractivity contribution in [2.24, 2.45) is 27.8 Å². The lowest BCUT2D eigenvalue weighted by Crippen LogP contribution is -2.53. The Kier molecular flexibility index (Phi) is 4.80. The number of hydrogen-bond acceptors (Lipinski definition) is 5. The molecule has 1 saturated carbocycles. The Hall–Kier alpha value is -2.56. The number of nitrogens with zero attached hydrogens (tertiary/aromatic N) is 1. The Labute approximate surface area is 171 Å². The molecule has 29 heavy (non-hydrogen) atoms. The van der Waals surface area contributed by atoms with Gasteiger partial charge in [0, 0.05) is 28.9 Å². The van der Waals surface area contributed by atoms with Crippen LogP contribution in [0.5, 0.6) is 5.75 Å². The Balaban J connectivity index is 1.60. The van der Waals surface area contributed by atoms with Gasteiger partial charge in [0.15, 0.2) is 0 Å². The zero-order valence-electron chi connectivity index (χ0n) is 17.6. The van der Waals surface area contributed by atoms with Gasteiger partial charge in [0.1, 0.15) is 11.3 Å². The van der Waals surface area contributed by atoms with E-state index in [2.05, 4.69) is 38.9 Å². The summed E-state index contributed by atoms with van der Waals surface area (Å²) < 4.78 is 11.5. The molecule has 2 aliphatic carbocycles. The first-order valence-electron chi connectivity index (χ1n) is 10.3. The molecule has 3 atom stereocenters. The molecule has 0 radical (unpaired) electrons. The number of ether oxygens (including phenoxy) is 1. The van der Waals surface area contributed by atoms with Crippen LogP contribution < -0.4 is 10.4 Å². The van der Waals surface area contributed by atoms with Crippen molar-refractivity contribution in [3.63, 3.8) is 0 Å². The highest BCUT2D eigenvalue weighted by Gasteiger charge is 2.54. The lowest BCUT2D eigenvalue weighted by Gasteiger charge is -2.56. The molecular formula is C24H29NO4. The van der Waals surface area contributed by atoms with Crippen LogP contribution in [0.3, 0.4) is 0 Å². The summed E-state index contributed by atoms with van der Waals surface area (Å²) in [6, 6.07) is 8.81. The smallest absolute Gasteiger partial charge is 0.336 e. The molecule has 0 spiro atoms. The van der Waals surface area contributed by atoms with E-state index in [1.165, 1.54) is 11.6 Å². The molecule has 0 saturated heterocycles. The van der Waals surface area contributed by atoms with Gasteiger partial charge in [-0.1, -0.05) is 37.6 Å². The molecule has 1 fully saturated rings. The summed E-state index contributed by atoms with van der Waals surface area (Å²) in [5.74, 6) is 1.37. The van der Waals surface area contributed by atoms with Crippen molar-refractivity contribution < 1.29 is 14.4 Å². The van der Waals surface area contributed by atoms with E-state index in [0.717, 1.165) is 30.4 Å². The minimum atomic E-state index is -0.359. The molecule has 0 amide bonds. The van der Waals surface area contributed by atoms with Crippen LogP contribution in [0.4, 0.5) is 0 Å². The normalized spacial score (nSPS) is 30.1. The van der Waals surface area contributed by atoms with E-state index in [9.17, 15) is 10.0 Å². The lowest BCUT2D eigenvalue weighted by molar-refractivity contribution is -0.000645. The Morgan fingerprint density at radius 3 is 2.76 bits per heavy atom. The number of benzene rings is 1. The van der Waals surface area contributed by atoms with Crippen LogP contribution >= 0.6 is 0 Å². The molecule has 1 aromatic heterocycles. The van der Waals surface area contributed by atoms with E-state index in [1.54, 1.807) is 12.1 Å². The van der Waals surface area contributed by atoms with Crippen molar-refractivity contribution in [3.05, 3.63) is 52.4 Å². The predicted octanol–water partition coefficient (Wildman–Crippen LogP) is 5.41. The first-order chi connectivity index (χ1) is 13.8. The van der Waals surface area contributed by atoms with Gasteiger partial charge in [-0.2, -0.15) is 0 Å². The number of rotatable bonds is 3. The van der Waals surface area contributed by atoms with Gasteiger partial charge in [0.25, 0.3) is 0 Å². The first-order valence-corrected chi connectivity index (χ1v) is 10.3. The summed E-state index contributed by atoms with van der Waals surface area (Å²) >= 11 is 0. The Morgan fingerprint density at radius 2 is 2.00 bits per heavy atom. The van der Waals surface area contributed by atoms with Gasteiger partial charge in [-0.05, 0) is 55.7 Å². The minimum Gasteiger partial charge on any atom is -0.493 e. The summed E-state index contributed by atoms with van der Waals surface area (Å²) in [5.41, 5.74) is 2.36. The second-order valence-electron chi connectivity index (χ2n) is 9.33. The summed E-state index contributed by atoms with van der Waals surface area (Å²) in [6.45, 7) is 9.51. The fourth-order valence-electron chi connectivity index (χ4n) is 5.67. The van der Waals surface area contributed by atoms with E-state index in [4.69, 9.17) is 9.15 Å². The maximum absolute atomic E-state index is 11.5. The fourth-order valence-corrected chi connectivity index (χ4v) is 5.67. The van der Waals surface area contributed by atoms with E-state index in [1.807, 2.05) is 12.1 Å². The monoisotopic (exact) mass is 395 g/mol. The Morgan fingerprint density at radius 1 is 1.24 bits per heavy atom. The van der Waals surface area contributed by atoms with Crippen molar-refractivity contribution in [1.29, 1.82) is 0 Å². The van der Waals surface area contributed by atoms with Crippen LogP contribution in [-0.4, -0.2) is 17.5 Å². The van der Waals surface area contributed by atoms with E-state index in [0.29, 0.717) is 23.9 Å². The second kappa shape index (κ2) is 7.05. The third-order valence-electron chi connectivity index (χ3n) is 7.46. The van der Waals surface area contributed by atoms with Gasteiger partial charge in [-0.15, -0.1) is 0 Å². The fraction of sp³-hybridized carbons (Fsp3) is 0.500. The predicted molar refractivity (Wildman–Crippen MR) is 114 cm³/mol. The molecule has 1 N–H and O–H groups in total. The Bertz CT molecular complexity index is 1050. The van der Waals surface area contributed by atoms with Crippen molar-refractivity contribution in [1.82, 2.24) is 0 Å². The van der Waals surface area contributed by atoms with E-state index in [-0.39, 0.29) is 22.4 Å². The van der Waals surface area contributed by atoms with Crippen molar-refractivity contribution in [2.45, 2.75) is 47.0 Å². The zero-order valence-corrected chi connectivity index (χ0v) is 17.6. The van der Waals surface area contributed by atoms with Crippen LogP contribution in [0.2, 0.25) is 0 Å². The maximum atomic E-state index is 11.5. The second-order valence-corrected chi connectivity index (χ2v) is 9.33. The highest BCUT2D eigenvalue weighted by atomic mass is 16.5. The third-order valence-corrected chi connectivity index (χ3v) is 7.46. The molecule has 1 aromatic carbocycles. The quantitative estimate of drug-likeness (QED) is 0.326. The minimum absolute atomic E-state index is 0.0694. The van der Waals surface area contributed by atoms with Gasteiger partial charge in [-0.25, -0.2) is 4.79 Å². The molecular weight excluding hydrogens is 366 g/mol. The van der Waals surface area contributed by atoms with Gasteiger partial charge in [0.05, 0.1) is 12.3 Å². The van der Waals surface area contributed by atoms with Gasteiger partial charge >= 0.3 is 5.63 Å². The van der Waals surface area contributed by atoms with Crippen LogP contribution in [0.15, 0.2) is 56.3 Å². The molecule has 154 valence electrons. The summed E-state index contributed by atoms with van der Waals surface area (Å²) in [4.78, 5) is 11.5. The number of hydrogen-bond donors (Lipinski definition) is 1. The van der Waals surface area contributed by atoms with Crippen LogP contribution in [-0.2, 0) is 0 Å². The van der Waals surface area contributed by atoms with E-state index >= 15 is 0 Å². The molecule has 0 aliphatic heterocycles. The summed E-state index contributed by atoms with van der Waals surface area (Å²) in [6.07, 6.45) is 5.10. The molecule has 1 heterocycles. The van der Waals surface area contributed by atoms with Crippen molar-refractivity contribution in [3.8, 4) is 5.75 Å². The van der Waals surface area contributed by atoms with Crippen LogP contribution in [0.25, 0.3) is 11.0 Å². The molecule has 2 aromatic rings. The zero-order chi connectivity index (χ0) is 20.8. The first kappa shape index (κ1) is 19.7. The average Bonchev–Trinajstić information content (AvgIpc) is 2.66. The molecule has 2 aliphatic rings. The number of oxime groups is 1. The molecule has 0 bridgehead atoms. The van der Waals surface area contributed by atoms with Crippen LogP contribution in [0.1, 0.15) is 47.0 Å². The SMILES string of the molecule is CC1=CC[C@H]2C(C)(C)/C(=N/O)CC[C@]2(C)[C@H]1COc1ccc2ccc(=O)oc2c1. The van der Waals surface area contributed by atoms with Crippen molar-refractivity contribution >= 4 is 16.7 Å². The third kappa shape index (κ3) is 3.26. The topological polar surface area (TPSA) is 72.0 Å².